The zero-order valence-corrected chi connectivity index (χ0v) is 10.4. The Morgan fingerprint density at radius 1 is 1.38 bits per heavy atom. The Balaban J connectivity index is 0.00000128. The molecule has 1 atom stereocenters. The number of carbonyl (C=O) groups excluding carboxylic acids is 1. The van der Waals surface area contributed by atoms with E-state index < -0.39 is 0 Å². The van der Waals surface area contributed by atoms with Crippen LogP contribution < -0.4 is 10.6 Å². The van der Waals surface area contributed by atoms with Gasteiger partial charge < -0.3 is 15.4 Å². The van der Waals surface area contributed by atoms with Crippen LogP contribution in [0.4, 0.5) is 0 Å². The third-order valence-electron chi connectivity index (χ3n) is 3.28. The normalized spacial score (nSPS) is 26.1. The Hall–Kier alpha value is -0.320. The summed E-state index contributed by atoms with van der Waals surface area (Å²) >= 11 is 0. The largest absolute Gasteiger partial charge is 0.378 e. The van der Waals surface area contributed by atoms with E-state index >= 15 is 0 Å². The average molecular weight is 249 g/mol. The number of nitrogens with one attached hydrogen (secondary N) is 2. The van der Waals surface area contributed by atoms with Gasteiger partial charge in [-0.2, -0.15) is 0 Å². The fourth-order valence-electron chi connectivity index (χ4n) is 2.32. The van der Waals surface area contributed by atoms with Crippen LogP contribution in [0.3, 0.4) is 0 Å². The third kappa shape index (κ3) is 3.92. The molecule has 94 valence electrons. The quantitative estimate of drug-likeness (QED) is 0.773. The van der Waals surface area contributed by atoms with E-state index in [2.05, 4.69) is 10.6 Å². The van der Waals surface area contributed by atoms with E-state index in [1.807, 2.05) is 0 Å². The van der Waals surface area contributed by atoms with Gasteiger partial charge in [0.15, 0.2) is 0 Å². The fraction of sp³-hybridized carbons (Fsp3) is 0.909. The predicted molar refractivity (Wildman–Crippen MR) is 64.8 cm³/mol. The standard InChI is InChI=1S/C11H20N2O2.ClH/c14-11(10-8-15-6-5-12-10)13-7-9-3-1-2-4-9;/h9-10,12H,1-8H2,(H,13,14);1H. The van der Waals surface area contributed by atoms with Crippen molar-refractivity contribution >= 4 is 18.3 Å². The first-order valence-corrected chi connectivity index (χ1v) is 5.95. The summed E-state index contributed by atoms with van der Waals surface area (Å²) in [6.07, 6.45) is 5.19. The molecule has 1 aliphatic heterocycles. The summed E-state index contributed by atoms with van der Waals surface area (Å²) in [5.74, 6) is 0.806. The molecular weight excluding hydrogens is 228 g/mol. The maximum atomic E-state index is 11.7. The summed E-state index contributed by atoms with van der Waals surface area (Å²) in [6.45, 7) is 2.85. The summed E-state index contributed by atoms with van der Waals surface area (Å²) in [6, 6.07) is -0.139. The van der Waals surface area contributed by atoms with Crippen molar-refractivity contribution in [2.75, 3.05) is 26.3 Å². The number of morpholine rings is 1. The molecule has 1 heterocycles. The smallest absolute Gasteiger partial charge is 0.239 e. The number of hydrogen-bond donors (Lipinski definition) is 2. The highest BCUT2D eigenvalue weighted by Gasteiger charge is 2.22. The molecule has 0 aromatic carbocycles. The van der Waals surface area contributed by atoms with Crippen molar-refractivity contribution in [2.45, 2.75) is 31.7 Å². The maximum absolute atomic E-state index is 11.7. The summed E-state index contributed by atoms with van der Waals surface area (Å²) in [5, 5.41) is 6.17. The molecule has 1 saturated carbocycles. The van der Waals surface area contributed by atoms with Gasteiger partial charge in [0.05, 0.1) is 13.2 Å². The van der Waals surface area contributed by atoms with Crippen molar-refractivity contribution in [1.29, 1.82) is 0 Å². The van der Waals surface area contributed by atoms with Crippen molar-refractivity contribution < 1.29 is 9.53 Å². The minimum Gasteiger partial charge on any atom is -0.378 e. The molecule has 2 fully saturated rings. The number of hydrogen-bond acceptors (Lipinski definition) is 3. The van der Waals surface area contributed by atoms with Crippen LogP contribution in [0.15, 0.2) is 0 Å². The fourth-order valence-corrected chi connectivity index (χ4v) is 2.32. The molecule has 0 aromatic heterocycles. The second kappa shape index (κ2) is 7.09. The first kappa shape index (κ1) is 13.7. The van der Waals surface area contributed by atoms with Gasteiger partial charge in [0.25, 0.3) is 0 Å². The number of halogens is 1. The van der Waals surface area contributed by atoms with Gasteiger partial charge in [-0.3, -0.25) is 4.79 Å². The Labute approximate surface area is 103 Å². The molecular formula is C11H21ClN2O2. The molecule has 2 aliphatic rings. The van der Waals surface area contributed by atoms with Crippen molar-refractivity contribution in [3.63, 3.8) is 0 Å². The van der Waals surface area contributed by atoms with E-state index in [4.69, 9.17) is 4.74 Å². The predicted octanol–water partition coefficient (Wildman–Crippen LogP) is 0.703. The number of amides is 1. The van der Waals surface area contributed by atoms with E-state index in [1.165, 1.54) is 25.7 Å². The number of carbonyl (C=O) groups is 1. The molecule has 4 nitrogen and oxygen atoms in total. The summed E-state index contributed by atoms with van der Waals surface area (Å²) in [7, 11) is 0. The monoisotopic (exact) mass is 248 g/mol. The first-order chi connectivity index (χ1) is 7.36. The van der Waals surface area contributed by atoms with Crippen molar-refractivity contribution in [1.82, 2.24) is 10.6 Å². The molecule has 0 bridgehead atoms. The van der Waals surface area contributed by atoms with Gasteiger partial charge in [-0.15, -0.1) is 12.4 Å². The SMILES string of the molecule is Cl.O=C(NCC1CCCC1)C1COCCN1. The lowest BCUT2D eigenvalue weighted by Crippen LogP contribution is -2.51. The van der Waals surface area contributed by atoms with Crippen molar-refractivity contribution in [2.24, 2.45) is 5.92 Å². The molecule has 5 heteroatoms. The second-order valence-corrected chi connectivity index (χ2v) is 4.48. The zero-order chi connectivity index (χ0) is 10.5. The molecule has 16 heavy (non-hydrogen) atoms. The van der Waals surface area contributed by atoms with Crippen LogP contribution in [-0.4, -0.2) is 38.3 Å². The minimum atomic E-state index is -0.139. The van der Waals surface area contributed by atoms with Gasteiger partial charge in [-0.1, -0.05) is 12.8 Å². The Kier molecular flexibility index (Phi) is 6.09. The summed E-state index contributed by atoms with van der Waals surface area (Å²) in [4.78, 5) is 11.7. The Morgan fingerprint density at radius 2 is 2.12 bits per heavy atom. The third-order valence-corrected chi connectivity index (χ3v) is 3.28. The number of ether oxygens (including phenoxy) is 1. The second-order valence-electron chi connectivity index (χ2n) is 4.48. The molecule has 0 radical (unpaired) electrons. The van der Waals surface area contributed by atoms with Crippen LogP contribution in [-0.2, 0) is 9.53 Å². The molecule has 1 aliphatic carbocycles. The highest BCUT2D eigenvalue weighted by Crippen LogP contribution is 2.23. The van der Waals surface area contributed by atoms with E-state index in [0.29, 0.717) is 19.1 Å². The average Bonchev–Trinajstić information content (AvgIpc) is 2.80. The minimum absolute atomic E-state index is 0. The molecule has 1 unspecified atom stereocenters. The zero-order valence-electron chi connectivity index (χ0n) is 9.54. The summed E-state index contributed by atoms with van der Waals surface area (Å²) in [5.41, 5.74) is 0. The molecule has 1 amide bonds. The van der Waals surface area contributed by atoms with Crippen LogP contribution in [0.2, 0.25) is 0 Å². The van der Waals surface area contributed by atoms with Crippen molar-refractivity contribution in [3.8, 4) is 0 Å². The van der Waals surface area contributed by atoms with E-state index in [0.717, 1.165) is 13.1 Å². The van der Waals surface area contributed by atoms with Crippen LogP contribution in [0, 0.1) is 5.92 Å². The lowest BCUT2D eigenvalue weighted by Gasteiger charge is -2.23. The van der Waals surface area contributed by atoms with Crippen LogP contribution >= 0.6 is 12.4 Å². The highest BCUT2D eigenvalue weighted by atomic mass is 35.5. The molecule has 0 aromatic rings. The van der Waals surface area contributed by atoms with Crippen LogP contribution in [0.5, 0.6) is 0 Å². The van der Waals surface area contributed by atoms with E-state index in [1.54, 1.807) is 0 Å². The van der Waals surface area contributed by atoms with Crippen molar-refractivity contribution in [3.05, 3.63) is 0 Å². The molecule has 2 N–H and O–H groups in total. The first-order valence-electron chi connectivity index (χ1n) is 5.95. The lowest BCUT2D eigenvalue weighted by atomic mass is 10.1. The van der Waals surface area contributed by atoms with E-state index in [-0.39, 0.29) is 24.4 Å². The topological polar surface area (TPSA) is 50.4 Å². The Bertz CT molecular complexity index is 214. The van der Waals surface area contributed by atoms with Crippen LogP contribution in [0.1, 0.15) is 25.7 Å². The Morgan fingerprint density at radius 3 is 2.75 bits per heavy atom. The van der Waals surface area contributed by atoms with Gasteiger partial charge in [-0.25, -0.2) is 0 Å². The molecule has 2 rings (SSSR count). The van der Waals surface area contributed by atoms with E-state index in [9.17, 15) is 4.79 Å². The van der Waals surface area contributed by atoms with Gasteiger partial charge in [0.1, 0.15) is 6.04 Å². The molecule has 0 spiro atoms. The van der Waals surface area contributed by atoms with Crippen LogP contribution in [0.25, 0.3) is 0 Å². The maximum Gasteiger partial charge on any atom is 0.239 e. The van der Waals surface area contributed by atoms with Gasteiger partial charge in [-0.05, 0) is 18.8 Å². The van der Waals surface area contributed by atoms with Gasteiger partial charge >= 0.3 is 0 Å². The lowest BCUT2D eigenvalue weighted by molar-refractivity contribution is -0.126. The summed E-state index contributed by atoms with van der Waals surface area (Å²) < 4.78 is 5.25. The highest BCUT2D eigenvalue weighted by molar-refractivity contribution is 5.85. The number of rotatable bonds is 3. The van der Waals surface area contributed by atoms with Gasteiger partial charge in [0.2, 0.25) is 5.91 Å². The molecule has 1 saturated heterocycles. The van der Waals surface area contributed by atoms with Gasteiger partial charge in [0, 0.05) is 13.1 Å².